The summed E-state index contributed by atoms with van der Waals surface area (Å²) >= 11 is 2.30. The number of aromatic nitrogens is 1. The maximum Gasteiger partial charge on any atom is 0.352 e. The molecule has 5 rings (SSSR count). The van der Waals surface area contributed by atoms with Gasteiger partial charge >= 0.3 is 5.97 Å². The number of anilines is 1. The van der Waals surface area contributed by atoms with Gasteiger partial charge in [0.1, 0.15) is 22.8 Å². The molecule has 5 atom stereocenters. The Bertz CT molecular complexity index is 1380. The number of nitrogen functional groups attached to an aromatic ring is 1. The molecule has 0 bridgehead atoms. The molecule has 3 fully saturated rings. The van der Waals surface area contributed by atoms with E-state index >= 15 is 0 Å². The van der Waals surface area contributed by atoms with Crippen molar-refractivity contribution in [2.24, 2.45) is 5.16 Å². The molecule has 0 saturated carbocycles. The highest BCUT2D eigenvalue weighted by Crippen LogP contribution is 2.41. The number of carboxylic acid groups (broad SMARTS) is 1. The van der Waals surface area contributed by atoms with E-state index in [9.17, 15) is 34.6 Å². The lowest BCUT2D eigenvalue weighted by Crippen LogP contribution is -2.71. The predicted octanol–water partition coefficient (Wildman–Crippen LogP) is -1.50. The number of β-lactam (4-membered cyclic amide) rings is 1. The van der Waals surface area contributed by atoms with Crippen LogP contribution in [0.15, 0.2) is 33.5 Å². The molecular weight excluding hydrogens is 588 g/mol. The number of aliphatic hydroxyl groups is 1. The monoisotopic (exact) mass is 620 g/mol. The van der Waals surface area contributed by atoms with E-state index in [-0.39, 0.29) is 40.3 Å². The van der Waals surface area contributed by atoms with Crippen LogP contribution in [0.25, 0.3) is 0 Å². The van der Waals surface area contributed by atoms with Crippen molar-refractivity contribution in [2.45, 2.75) is 48.9 Å². The molecule has 1 aromatic rings. The van der Waals surface area contributed by atoms with E-state index in [2.05, 4.69) is 26.1 Å². The number of oxime groups is 1. The number of hydrogen-bond acceptors (Lipinski definition) is 13. The van der Waals surface area contributed by atoms with Gasteiger partial charge in [-0.15, -0.1) is 23.1 Å². The zero-order chi connectivity index (χ0) is 30.1. The Morgan fingerprint density at radius 1 is 1.38 bits per heavy atom. The Balaban J connectivity index is 1.27. The smallest absolute Gasteiger partial charge is 0.352 e. The lowest BCUT2D eigenvalue weighted by Gasteiger charge is -2.49. The fraction of sp³-hybridized carbons (Fsp3) is 0.520. The standard InChI is InChI=1S/C25H32N8O7S2/c1-27-4-2-16(34)14-7-13(8-28-14)32-5-3-11(21(32)36)6-12-9-41-23-18(22(37)33(23)19(12)24(38)39)30-20(35)17(31-40)15-10-42-25(26)29-15/h6,10,13-14,16,18,23,27-28,34,40H,2-5,7-9H2,1H3,(H2,26,29)(H,30,35)(H,38,39)/b11-6+,31-17-/t13?,14?,16?,18-,23-/m1/s1. The van der Waals surface area contributed by atoms with Gasteiger partial charge in [0.2, 0.25) is 5.91 Å². The summed E-state index contributed by atoms with van der Waals surface area (Å²) in [5.74, 6) is -2.79. The fourth-order valence-electron chi connectivity index (χ4n) is 5.67. The molecule has 0 aromatic carbocycles. The van der Waals surface area contributed by atoms with Crippen molar-refractivity contribution < 1.29 is 34.6 Å². The number of rotatable bonds is 10. The third kappa shape index (κ3) is 5.61. The highest BCUT2D eigenvalue weighted by Gasteiger charge is 2.54. The molecule has 0 spiro atoms. The van der Waals surface area contributed by atoms with Gasteiger partial charge < -0.3 is 42.0 Å². The maximum atomic E-state index is 13.3. The van der Waals surface area contributed by atoms with Crippen molar-refractivity contribution >= 4 is 57.6 Å². The summed E-state index contributed by atoms with van der Waals surface area (Å²) in [5.41, 5.74) is 5.78. The number of aliphatic hydroxyl groups excluding tert-OH is 1. The average molecular weight is 621 g/mol. The highest BCUT2D eigenvalue weighted by molar-refractivity contribution is 8.00. The third-order valence-electron chi connectivity index (χ3n) is 7.81. The molecule has 8 N–H and O–H groups in total. The average Bonchev–Trinajstić information content (AvgIpc) is 3.71. The van der Waals surface area contributed by atoms with Gasteiger partial charge in [0.15, 0.2) is 10.8 Å². The van der Waals surface area contributed by atoms with Gasteiger partial charge in [-0.05, 0) is 44.5 Å². The van der Waals surface area contributed by atoms with Gasteiger partial charge in [0.05, 0.1) is 6.10 Å². The second-order valence-corrected chi connectivity index (χ2v) is 12.3. The zero-order valence-electron chi connectivity index (χ0n) is 22.6. The van der Waals surface area contributed by atoms with Crippen molar-refractivity contribution in [2.75, 3.05) is 38.2 Å². The van der Waals surface area contributed by atoms with Gasteiger partial charge in [0, 0.05) is 41.9 Å². The van der Waals surface area contributed by atoms with Crippen LogP contribution in [0.4, 0.5) is 5.13 Å². The summed E-state index contributed by atoms with van der Waals surface area (Å²) in [6.45, 7) is 1.74. The van der Waals surface area contributed by atoms with Crippen LogP contribution in [0, 0.1) is 0 Å². The number of carbonyl (C=O) groups is 4. The van der Waals surface area contributed by atoms with Crippen molar-refractivity contribution in [3.63, 3.8) is 0 Å². The number of nitrogens with two attached hydrogens (primary N) is 1. The van der Waals surface area contributed by atoms with E-state index in [1.54, 1.807) is 11.0 Å². The minimum absolute atomic E-state index is 0.0432. The number of amides is 3. The van der Waals surface area contributed by atoms with Crippen molar-refractivity contribution in [1.82, 2.24) is 30.7 Å². The number of nitrogens with zero attached hydrogens (tertiary/aromatic N) is 4. The molecule has 5 heterocycles. The number of carboxylic acids is 1. The largest absolute Gasteiger partial charge is 0.477 e. The molecule has 3 amide bonds. The van der Waals surface area contributed by atoms with Crippen LogP contribution in [-0.2, 0) is 19.2 Å². The Hall–Kier alpha value is -3.51. The van der Waals surface area contributed by atoms with E-state index < -0.39 is 41.0 Å². The number of fused-ring (bicyclic) bond motifs is 1. The first-order valence-corrected chi connectivity index (χ1v) is 15.3. The van der Waals surface area contributed by atoms with E-state index in [1.165, 1.54) is 17.1 Å². The molecule has 3 saturated heterocycles. The molecule has 15 nitrogen and oxygen atoms in total. The first-order valence-electron chi connectivity index (χ1n) is 13.4. The summed E-state index contributed by atoms with van der Waals surface area (Å²) in [4.78, 5) is 58.2. The number of thioether (sulfide) groups is 1. The fourth-order valence-corrected chi connectivity index (χ4v) is 7.52. The van der Waals surface area contributed by atoms with E-state index in [0.29, 0.717) is 50.0 Å². The normalized spacial score (nSPS) is 27.9. The molecule has 226 valence electrons. The Kier molecular flexibility index (Phi) is 8.84. The number of nitrogens with one attached hydrogen (secondary N) is 3. The van der Waals surface area contributed by atoms with Crippen LogP contribution in [0.3, 0.4) is 0 Å². The van der Waals surface area contributed by atoms with Crippen molar-refractivity contribution in [3.8, 4) is 0 Å². The number of thiazole rings is 1. The number of aliphatic carboxylic acids is 1. The minimum atomic E-state index is -1.32. The van der Waals surface area contributed by atoms with Gasteiger partial charge in [-0.1, -0.05) is 5.16 Å². The van der Waals surface area contributed by atoms with Crippen LogP contribution in [-0.4, -0.2) is 122 Å². The molecule has 42 heavy (non-hydrogen) atoms. The van der Waals surface area contributed by atoms with Gasteiger partial charge in [-0.3, -0.25) is 19.3 Å². The van der Waals surface area contributed by atoms with Crippen LogP contribution in [0.5, 0.6) is 0 Å². The van der Waals surface area contributed by atoms with Crippen LogP contribution < -0.4 is 21.7 Å². The van der Waals surface area contributed by atoms with E-state index in [0.717, 1.165) is 16.2 Å². The number of hydrogen-bond donors (Lipinski definition) is 7. The summed E-state index contributed by atoms with van der Waals surface area (Å²) in [6.07, 6.45) is 2.70. The summed E-state index contributed by atoms with van der Waals surface area (Å²) < 4.78 is 0. The first-order chi connectivity index (χ1) is 20.1. The van der Waals surface area contributed by atoms with Gasteiger partial charge in [-0.25, -0.2) is 9.78 Å². The predicted molar refractivity (Wildman–Crippen MR) is 154 cm³/mol. The Labute approximate surface area is 248 Å². The quantitative estimate of drug-likeness (QED) is 0.0522. The molecule has 1 aromatic heterocycles. The van der Waals surface area contributed by atoms with Crippen LogP contribution in [0.1, 0.15) is 25.0 Å². The highest BCUT2D eigenvalue weighted by atomic mass is 32.2. The second kappa shape index (κ2) is 12.4. The van der Waals surface area contributed by atoms with Crippen molar-refractivity contribution in [1.29, 1.82) is 0 Å². The lowest BCUT2D eigenvalue weighted by molar-refractivity contribution is -0.150. The Morgan fingerprint density at radius 3 is 2.83 bits per heavy atom. The molecule has 0 aliphatic carbocycles. The first kappa shape index (κ1) is 30.0. The zero-order valence-corrected chi connectivity index (χ0v) is 24.3. The molecule has 4 aliphatic heterocycles. The Morgan fingerprint density at radius 2 is 2.17 bits per heavy atom. The SMILES string of the molecule is CNCCC(O)C1CC(N2CC/C(=C\C3=C(C(=O)O)N4C(=O)[C@@H](NC(=O)/C(=N\O)c5csc(N)n5)[C@H]4SC3)C2=O)CN1. The molecule has 3 unspecified atom stereocenters. The molecule has 17 heteroatoms. The number of likely N-dealkylation sites (tertiary alicyclic amines) is 1. The molecule has 4 aliphatic rings. The number of carbonyl (C=O) groups excluding carboxylic acids is 3. The van der Waals surface area contributed by atoms with Crippen LogP contribution in [0.2, 0.25) is 0 Å². The second-order valence-electron chi connectivity index (χ2n) is 10.3. The lowest BCUT2D eigenvalue weighted by atomic mass is 10.0. The maximum absolute atomic E-state index is 13.3. The molecule has 0 radical (unpaired) electrons. The third-order valence-corrected chi connectivity index (χ3v) is 9.79. The molecular formula is C25H32N8O7S2. The number of allylic oxidation sites excluding steroid dienone is 1. The summed E-state index contributed by atoms with van der Waals surface area (Å²) in [5, 5.41) is 42.5. The van der Waals surface area contributed by atoms with Gasteiger partial charge in [0.25, 0.3) is 11.8 Å². The topological polar surface area (TPSA) is 223 Å². The summed E-state index contributed by atoms with van der Waals surface area (Å²) in [6, 6.07) is -1.24. The van der Waals surface area contributed by atoms with Crippen molar-refractivity contribution in [3.05, 3.63) is 34.0 Å². The van der Waals surface area contributed by atoms with E-state index in [1.807, 2.05) is 7.05 Å². The minimum Gasteiger partial charge on any atom is -0.477 e. The summed E-state index contributed by atoms with van der Waals surface area (Å²) in [7, 11) is 1.82. The van der Waals surface area contributed by atoms with Crippen LogP contribution >= 0.6 is 23.1 Å². The van der Waals surface area contributed by atoms with E-state index in [4.69, 9.17) is 5.73 Å². The van der Waals surface area contributed by atoms with Gasteiger partial charge in [-0.2, -0.15) is 0 Å².